The minimum atomic E-state index is -1.26. The van der Waals surface area contributed by atoms with Gasteiger partial charge < -0.3 is 15.5 Å². The van der Waals surface area contributed by atoms with Crippen molar-refractivity contribution in [3.8, 4) is 5.75 Å². The predicted octanol–water partition coefficient (Wildman–Crippen LogP) is 3.50. The van der Waals surface area contributed by atoms with Crippen molar-refractivity contribution in [2.75, 3.05) is 5.32 Å². The number of aryl methyl sites for hydroxylation is 1. The fraction of sp³-hybridized carbons (Fsp3) is 0.125. The van der Waals surface area contributed by atoms with E-state index in [0.29, 0.717) is 5.69 Å². The molecule has 5 nitrogen and oxygen atoms in total. The zero-order valence-corrected chi connectivity index (χ0v) is 12.9. The van der Waals surface area contributed by atoms with Crippen LogP contribution >= 0.6 is 11.3 Å². The summed E-state index contributed by atoms with van der Waals surface area (Å²) in [4.78, 5) is 25.1. The van der Waals surface area contributed by atoms with E-state index in [-0.39, 0.29) is 17.2 Å². The first-order chi connectivity index (χ1) is 10.4. The van der Waals surface area contributed by atoms with E-state index < -0.39 is 5.97 Å². The number of hydrogen-bond donors (Lipinski definition) is 3. The van der Waals surface area contributed by atoms with Crippen LogP contribution in [-0.2, 0) is 4.79 Å². The van der Waals surface area contributed by atoms with Crippen LogP contribution in [0.5, 0.6) is 5.75 Å². The molecule has 0 saturated carbocycles. The number of rotatable bonds is 4. The summed E-state index contributed by atoms with van der Waals surface area (Å²) in [6.45, 7) is 3.83. The van der Waals surface area contributed by atoms with Gasteiger partial charge in [-0.3, -0.25) is 4.79 Å². The van der Waals surface area contributed by atoms with Gasteiger partial charge in [-0.05, 0) is 49.8 Å². The molecule has 114 valence electrons. The first-order valence-electron chi connectivity index (χ1n) is 6.49. The molecular formula is C16H15NO4S. The predicted molar refractivity (Wildman–Crippen MR) is 86.4 cm³/mol. The molecule has 1 aromatic heterocycles. The molecule has 2 aromatic rings. The quantitative estimate of drug-likeness (QED) is 0.595. The van der Waals surface area contributed by atoms with Crippen LogP contribution < -0.4 is 5.32 Å². The molecule has 1 amide bonds. The molecular weight excluding hydrogens is 302 g/mol. The number of carboxylic acid groups (broad SMARTS) is 1. The Morgan fingerprint density at radius 1 is 1.23 bits per heavy atom. The lowest BCUT2D eigenvalue weighted by Gasteiger charge is -2.06. The highest BCUT2D eigenvalue weighted by Crippen LogP contribution is 2.24. The van der Waals surface area contributed by atoms with E-state index >= 15 is 0 Å². The number of aromatic hydroxyl groups is 1. The van der Waals surface area contributed by atoms with E-state index in [1.54, 1.807) is 11.3 Å². The number of carbonyl (C=O) groups is 2. The van der Waals surface area contributed by atoms with Crippen molar-refractivity contribution in [3.63, 3.8) is 0 Å². The van der Waals surface area contributed by atoms with E-state index in [0.717, 1.165) is 15.3 Å². The third-order valence-corrected chi connectivity index (χ3v) is 4.11. The number of carboxylic acids is 1. The SMILES string of the molecule is CC(=CC(=O)Nc1ccc(O)c(C(=O)O)c1)c1ccc(C)s1. The summed E-state index contributed by atoms with van der Waals surface area (Å²) in [5.74, 6) is -1.95. The molecule has 2 rings (SSSR count). The Morgan fingerprint density at radius 3 is 2.55 bits per heavy atom. The van der Waals surface area contributed by atoms with Crippen molar-refractivity contribution in [1.29, 1.82) is 0 Å². The number of allylic oxidation sites excluding steroid dienone is 1. The Balaban J connectivity index is 2.15. The number of anilines is 1. The molecule has 0 spiro atoms. The Hall–Kier alpha value is -2.60. The zero-order chi connectivity index (χ0) is 16.3. The summed E-state index contributed by atoms with van der Waals surface area (Å²) in [5, 5.41) is 21.0. The number of aromatic carboxylic acids is 1. The topological polar surface area (TPSA) is 86.6 Å². The minimum Gasteiger partial charge on any atom is -0.507 e. The molecule has 0 saturated heterocycles. The van der Waals surface area contributed by atoms with Crippen LogP contribution in [0.25, 0.3) is 5.57 Å². The van der Waals surface area contributed by atoms with Gasteiger partial charge in [0.15, 0.2) is 0 Å². The Morgan fingerprint density at radius 2 is 1.95 bits per heavy atom. The third kappa shape index (κ3) is 3.73. The van der Waals surface area contributed by atoms with Crippen LogP contribution in [0.15, 0.2) is 36.4 Å². The van der Waals surface area contributed by atoms with Gasteiger partial charge in [-0.15, -0.1) is 11.3 Å². The average Bonchev–Trinajstić information content (AvgIpc) is 2.87. The normalized spacial score (nSPS) is 11.3. The molecule has 0 atom stereocenters. The van der Waals surface area contributed by atoms with E-state index in [1.807, 2.05) is 26.0 Å². The summed E-state index contributed by atoms with van der Waals surface area (Å²) in [6.07, 6.45) is 1.46. The van der Waals surface area contributed by atoms with E-state index in [9.17, 15) is 14.7 Å². The maximum absolute atomic E-state index is 12.0. The van der Waals surface area contributed by atoms with E-state index in [4.69, 9.17) is 5.11 Å². The van der Waals surface area contributed by atoms with Gasteiger partial charge in [0.2, 0.25) is 5.91 Å². The van der Waals surface area contributed by atoms with Gasteiger partial charge in [0, 0.05) is 21.5 Å². The summed E-state index contributed by atoms with van der Waals surface area (Å²) < 4.78 is 0. The van der Waals surface area contributed by atoms with Crippen LogP contribution in [-0.4, -0.2) is 22.1 Å². The number of benzene rings is 1. The van der Waals surface area contributed by atoms with Crippen molar-refractivity contribution < 1.29 is 19.8 Å². The average molecular weight is 317 g/mol. The first-order valence-corrected chi connectivity index (χ1v) is 7.31. The number of amides is 1. The standard InChI is InChI=1S/C16H15NO4S/c1-9(14-6-3-10(2)22-14)7-15(19)17-11-4-5-13(18)12(8-11)16(20)21/h3-8,18H,1-2H3,(H,17,19)(H,20,21). The van der Waals surface area contributed by atoms with Gasteiger partial charge >= 0.3 is 5.97 Å². The van der Waals surface area contributed by atoms with Gasteiger partial charge in [0.1, 0.15) is 11.3 Å². The van der Waals surface area contributed by atoms with Crippen LogP contribution in [0.2, 0.25) is 0 Å². The Labute approximate surface area is 131 Å². The van der Waals surface area contributed by atoms with Crippen LogP contribution in [0.3, 0.4) is 0 Å². The lowest BCUT2D eigenvalue weighted by molar-refractivity contribution is -0.111. The molecule has 0 unspecified atom stereocenters. The smallest absolute Gasteiger partial charge is 0.339 e. The molecule has 0 bridgehead atoms. The van der Waals surface area contributed by atoms with Gasteiger partial charge in [-0.1, -0.05) is 0 Å². The number of thiophene rings is 1. The van der Waals surface area contributed by atoms with Gasteiger partial charge in [-0.2, -0.15) is 0 Å². The number of phenols is 1. The molecule has 22 heavy (non-hydrogen) atoms. The second-order valence-corrected chi connectivity index (χ2v) is 6.05. The molecule has 1 aromatic carbocycles. The highest BCUT2D eigenvalue weighted by molar-refractivity contribution is 7.13. The fourth-order valence-electron chi connectivity index (χ4n) is 1.88. The molecule has 0 radical (unpaired) electrons. The molecule has 3 N–H and O–H groups in total. The molecule has 1 heterocycles. The van der Waals surface area contributed by atoms with Crippen molar-refractivity contribution in [1.82, 2.24) is 0 Å². The van der Waals surface area contributed by atoms with Crippen LogP contribution in [0.1, 0.15) is 27.0 Å². The van der Waals surface area contributed by atoms with E-state index in [1.165, 1.54) is 24.3 Å². The molecule has 0 fully saturated rings. The van der Waals surface area contributed by atoms with Crippen molar-refractivity contribution in [2.45, 2.75) is 13.8 Å². The zero-order valence-electron chi connectivity index (χ0n) is 12.1. The fourth-order valence-corrected chi connectivity index (χ4v) is 2.72. The third-order valence-electron chi connectivity index (χ3n) is 2.97. The number of nitrogens with one attached hydrogen (secondary N) is 1. The number of carbonyl (C=O) groups excluding carboxylic acids is 1. The van der Waals surface area contributed by atoms with Gasteiger partial charge in [-0.25, -0.2) is 4.79 Å². The number of hydrogen-bond acceptors (Lipinski definition) is 4. The molecule has 0 aliphatic carbocycles. The lowest BCUT2D eigenvalue weighted by Crippen LogP contribution is -2.09. The molecule has 0 aliphatic rings. The molecule has 0 aliphatic heterocycles. The largest absolute Gasteiger partial charge is 0.507 e. The van der Waals surface area contributed by atoms with Crippen LogP contribution in [0, 0.1) is 6.92 Å². The highest BCUT2D eigenvalue weighted by Gasteiger charge is 2.11. The lowest BCUT2D eigenvalue weighted by atomic mass is 10.1. The van der Waals surface area contributed by atoms with E-state index in [2.05, 4.69) is 5.32 Å². The summed E-state index contributed by atoms with van der Waals surface area (Å²) in [7, 11) is 0. The van der Waals surface area contributed by atoms with Gasteiger partial charge in [0.25, 0.3) is 0 Å². The summed E-state index contributed by atoms with van der Waals surface area (Å²) in [5.41, 5.74) is 0.881. The maximum atomic E-state index is 12.0. The first kappa shape index (κ1) is 15.8. The highest BCUT2D eigenvalue weighted by atomic mass is 32.1. The summed E-state index contributed by atoms with van der Waals surface area (Å²) in [6, 6.07) is 7.82. The van der Waals surface area contributed by atoms with Gasteiger partial charge in [0.05, 0.1) is 0 Å². The second-order valence-electron chi connectivity index (χ2n) is 4.76. The summed E-state index contributed by atoms with van der Waals surface area (Å²) >= 11 is 1.59. The maximum Gasteiger partial charge on any atom is 0.339 e. The molecule has 6 heteroatoms. The monoisotopic (exact) mass is 317 g/mol. The van der Waals surface area contributed by atoms with Crippen molar-refractivity contribution in [2.24, 2.45) is 0 Å². The Kier molecular flexibility index (Phi) is 4.62. The minimum absolute atomic E-state index is 0.257. The Bertz CT molecular complexity index is 761. The van der Waals surface area contributed by atoms with Crippen LogP contribution in [0.4, 0.5) is 5.69 Å². The van der Waals surface area contributed by atoms with Crippen molar-refractivity contribution >= 4 is 34.5 Å². The second kappa shape index (κ2) is 6.44. The van der Waals surface area contributed by atoms with Crippen molar-refractivity contribution in [3.05, 3.63) is 51.7 Å².